The Morgan fingerprint density at radius 3 is 2.79 bits per heavy atom. The van der Waals surface area contributed by atoms with E-state index in [1.807, 2.05) is 0 Å². The van der Waals surface area contributed by atoms with Gasteiger partial charge in [-0.3, -0.25) is 10.1 Å². The molecule has 0 saturated carbocycles. The molecule has 98 valence electrons. The lowest BCUT2D eigenvalue weighted by atomic mass is 10.3. The van der Waals surface area contributed by atoms with Crippen molar-refractivity contribution in [2.24, 2.45) is 0 Å². The quantitative estimate of drug-likeness (QED) is 0.685. The minimum Gasteiger partial charge on any atom is -0.495 e. The molecule has 0 unspecified atom stereocenters. The molecule has 1 N–H and O–H groups in total. The molecule has 0 aliphatic heterocycles. The third-order valence-corrected chi connectivity index (χ3v) is 2.67. The number of nitrogens with one attached hydrogen (secondary N) is 1. The van der Waals surface area contributed by atoms with E-state index in [1.165, 1.54) is 25.4 Å². The monoisotopic (exact) mass is 279 g/mol. The lowest BCUT2D eigenvalue weighted by molar-refractivity contribution is -0.384. The number of rotatable bonds is 4. The Hall–Kier alpha value is -2.34. The summed E-state index contributed by atoms with van der Waals surface area (Å²) in [5.74, 6) is 0.926. The zero-order valence-electron chi connectivity index (χ0n) is 9.96. The first-order valence-corrected chi connectivity index (χ1v) is 5.69. The fraction of sp³-hybridized carbons (Fsp3) is 0.0833. The van der Waals surface area contributed by atoms with Crippen molar-refractivity contribution in [2.75, 3.05) is 12.4 Å². The molecular weight excluding hydrogens is 270 g/mol. The first-order valence-electron chi connectivity index (χ1n) is 5.31. The van der Waals surface area contributed by atoms with Gasteiger partial charge in [-0.25, -0.2) is 4.98 Å². The molecule has 0 bridgehead atoms. The van der Waals surface area contributed by atoms with Crippen molar-refractivity contribution < 1.29 is 9.66 Å². The van der Waals surface area contributed by atoms with Gasteiger partial charge < -0.3 is 10.1 Å². The standard InChI is InChI=1S/C12H10ClN3O3/c1-19-11-3-2-8(6-10(11)13)15-12-7-9(16(17)18)4-5-14-12/h2-7H,1H3,(H,14,15). The molecule has 1 heterocycles. The van der Waals surface area contributed by atoms with Gasteiger partial charge in [-0.2, -0.15) is 0 Å². The molecule has 1 aromatic heterocycles. The fourth-order valence-corrected chi connectivity index (χ4v) is 1.75. The number of halogens is 1. The topological polar surface area (TPSA) is 77.3 Å². The molecule has 0 fully saturated rings. The highest BCUT2D eigenvalue weighted by Gasteiger charge is 2.07. The van der Waals surface area contributed by atoms with Crippen molar-refractivity contribution >= 4 is 28.8 Å². The molecule has 0 radical (unpaired) electrons. The number of aromatic nitrogens is 1. The number of nitrogens with zero attached hydrogens (tertiary/aromatic N) is 2. The van der Waals surface area contributed by atoms with E-state index in [2.05, 4.69) is 10.3 Å². The third-order valence-electron chi connectivity index (χ3n) is 2.38. The number of anilines is 2. The van der Waals surface area contributed by atoms with Crippen molar-refractivity contribution in [1.82, 2.24) is 4.98 Å². The van der Waals surface area contributed by atoms with Crippen molar-refractivity contribution in [3.8, 4) is 5.75 Å². The molecule has 7 heteroatoms. The van der Waals surface area contributed by atoms with E-state index in [0.717, 1.165) is 0 Å². The number of ether oxygens (including phenoxy) is 1. The Kier molecular flexibility index (Phi) is 3.82. The maximum atomic E-state index is 10.7. The van der Waals surface area contributed by atoms with E-state index in [9.17, 15) is 10.1 Å². The average molecular weight is 280 g/mol. The molecule has 0 spiro atoms. The molecule has 1 aromatic carbocycles. The van der Waals surface area contributed by atoms with Gasteiger partial charge in [0.15, 0.2) is 0 Å². The molecular formula is C12H10ClN3O3. The number of pyridine rings is 1. The maximum Gasteiger partial charge on any atom is 0.274 e. The number of hydrogen-bond donors (Lipinski definition) is 1. The molecule has 2 aromatic rings. The van der Waals surface area contributed by atoms with Crippen LogP contribution in [0.15, 0.2) is 36.5 Å². The van der Waals surface area contributed by atoms with Crippen LogP contribution < -0.4 is 10.1 Å². The van der Waals surface area contributed by atoms with Gasteiger partial charge >= 0.3 is 0 Å². The summed E-state index contributed by atoms with van der Waals surface area (Å²) in [6.07, 6.45) is 1.37. The Bertz CT molecular complexity index is 619. The van der Waals surface area contributed by atoms with Crippen molar-refractivity contribution in [1.29, 1.82) is 0 Å². The van der Waals surface area contributed by atoms with Crippen LogP contribution in [0.3, 0.4) is 0 Å². The summed E-state index contributed by atoms with van der Waals surface area (Å²) in [6.45, 7) is 0. The van der Waals surface area contributed by atoms with Gasteiger partial charge in [0.05, 0.1) is 23.1 Å². The van der Waals surface area contributed by atoms with Crippen LogP contribution in [0, 0.1) is 10.1 Å². The summed E-state index contributed by atoms with van der Waals surface area (Å²) in [6, 6.07) is 7.76. The summed E-state index contributed by atoms with van der Waals surface area (Å²) < 4.78 is 5.04. The number of hydrogen-bond acceptors (Lipinski definition) is 5. The lowest BCUT2D eigenvalue weighted by Crippen LogP contribution is -1.96. The van der Waals surface area contributed by atoms with Gasteiger partial charge in [0.1, 0.15) is 11.6 Å². The van der Waals surface area contributed by atoms with E-state index >= 15 is 0 Å². The highest BCUT2D eigenvalue weighted by Crippen LogP contribution is 2.28. The zero-order valence-corrected chi connectivity index (χ0v) is 10.7. The van der Waals surface area contributed by atoms with Crippen LogP contribution in [0.4, 0.5) is 17.2 Å². The lowest BCUT2D eigenvalue weighted by Gasteiger charge is -2.08. The largest absolute Gasteiger partial charge is 0.495 e. The predicted molar refractivity (Wildman–Crippen MR) is 72.2 cm³/mol. The minimum atomic E-state index is -0.478. The first-order chi connectivity index (χ1) is 9.10. The second-order valence-electron chi connectivity index (χ2n) is 3.63. The summed E-state index contributed by atoms with van der Waals surface area (Å²) >= 11 is 5.98. The Morgan fingerprint density at radius 2 is 2.16 bits per heavy atom. The summed E-state index contributed by atoms with van der Waals surface area (Å²) in [4.78, 5) is 14.2. The molecule has 0 atom stereocenters. The van der Waals surface area contributed by atoms with Crippen molar-refractivity contribution in [3.63, 3.8) is 0 Å². The van der Waals surface area contributed by atoms with Crippen LogP contribution in [-0.2, 0) is 0 Å². The molecule has 6 nitrogen and oxygen atoms in total. The highest BCUT2D eigenvalue weighted by molar-refractivity contribution is 6.32. The third kappa shape index (κ3) is 3.11. The summed E-state index contributed by atoms with van der Waals surface area (Å²) in [5, 5.41) is 14.0. The SMILES string of the molecule is COc1ccc(Nc2cc([N+](=O)[O-])ccn2)cc1Cl. The van der Waals surface area contributed by atoms with Crippen LogP contribution in [0.5, 0.6) is 5.75 Å². The van der Waals surface area contributed by atoms with E-state index < -0.39 is 4.92 Å². The van der Waals surface area contributed by atoms with Gasteiger partial charge in [-0.05, 0) is 18.2 Å². The predicted octanol–water partition coefficient (Wildman–Crippen LogP) is 3.40. The van der Waals surface area contributed by atoms with Crippen molar-refractivity contribution in [3.05, 3.63) is 51.7 Å². The van der Waals surface area contributed by atoms with Gasteiger partial charge in [0, 0.05) is 18.0 Å². The smallest absolute Gasteiger partial charge is 0.274 e. The molecule has 0 aliphatic carbocycles. The van der Waals surface area contributed by atoms with Gasteiger partial charge in [-0.1, -0.05) is 11.6 Å². The van der Waals surface area contributed by atoms with Crippen LogP contribution in [0.2, 0.25) is 5.02 Å². The maximum absolute atomic E-state index is 10.7. The van der Waals surface area contributed by atoms with Gasteiger partial charge in [0.25, 0.3) is 5.69 Å². The van der Waals surface area contributed by atoms with E-state index in [0.29, 0.717) is 22.3 Å². The molecule has 0 aliphatic rings. The minimum absolute atomic E-state index is 0.0305. The van der Waals surface area contributed by atoms with Crippen LogP contribution in [-0.4, -0.2) is 17.0 Å². The van der Waals surface area contributed by atoms with Crippen LogP contribution in [0.25, 0.3) is 0 Å². The molecule has 2 rings (SSSR count). The number of methoxy groups -OCH3 is 1. The number of nitro groups is 1. The normalized spacial score (nSPS) is 10.0. The molecule has 0 saturated heterocycles. The highest BCUT2D eigenvalue weighted by atomic mass is 35.5. The summed E-state index contributed by atoms with van der Waals surface area (Å²) in [7, 11) is 1.52. The number of benzene rings is 1. The Morgan fingerprint density at radius 1 is 1.37 bits per heavy atom. The zero-order chi connectivity index (χ0) is 13.8. The Balaban J connectivity index is 2.23. The second kappa shape index (κ2) is 5.53. The van der Waals surface area contributed by atoms with Crippen LogP contribution in [0.1, 0.15) is 0 Å². The van der Waals surface area contributed by atoms with E-state index in [-0.39, 0.29) is 5.69 Å². The Labute approximate surface area is 114 Å². The van der Waals surface area contributed by atoms with Crippen molar-refractivity contribution in [2.45, 2.75) is 0 Å². The van der Waals surface area contributed by atoms with Gasteiger partial charge in [0.2, 0.25) is 0 Å². The van der Waals surface area contributed by atoms with Gasteiger partial charge in [-0.15, -0.1) is 0 Å². The van der Waals surface area contributed by atoms with E-state index in [4.69, 9.17) is 16.3 Å². The molecule has 0 amide bonds. The van der Waals surface area contributed by atoms with Crippen LogP contribution >= 0.6 is 11.6 Å². The summed E-state index contributed by atoms with van der Waals surface area (Å²) in [5.41, 5.74) is 0.635. The second-order valence-corrected chi connectivity index (χ2v) is 4.04. The average Bonchev–Trinajstić information content (AvgIpc) is 2.39. The fourth-order valence-electron chi connectivity index (χ4n) is 1.49. The van der Waals surface area contributed by atoms with E-state index in [1.54, 1.807) is 18.2 Å². The first kappa shape index (κ1) is 13.1. The molecule has 19 heavy (non-hydrogen) atoms.